The summed E-state index contributed by atoms with van der Waals surface area (Å²) in [5.41, 5.74) is 0.314. The smallest absolute Gasteiger partial charge is 0.230 e. The molecule has 0 radical (unpaired) electrons. The van der Waals surface area contributed by atoms with Crippen molar-refractivity contribution in [2.75, 3.05) is 25.4 Å². The predicted molar refractivity (Wildman–Crippen MR) is 105 cm³/mol. The molecule has 2 aliphatic rings. The minimum absolute atomic E-state index is 0.101. The lowest BCUT2D eigenvalue weighted by molar-refractivity contribution is -0.129. The maximum absolute atomic E-state index is 12.8. The summed E-state index contributed by atoms with van der Waals surface area (Å²) in [5, 5.41) is 3.44. The molecule has 0 aromatic heterocycles. The van der Waals surface area contributed by atoms with Crippen LogP contribution < -0.4 is 5.32 Å². The number of hydrogen-bond acceptors (Lipinski definition) is 4. The third-order valence-corrected chi connectivity index (χ3v) is 7.48. The molecular weight excluding hydrogens is 388 g/mol. The molecule has 0 unspecified atom stereocenters. The molecule has 0 bridgehead atoms. The second-order valence-electron chi connectivity index (χ2n) is 7.59. The number of nitrogens with zero attached hydrogens (tertiary/aromatic N) is 1. The average molecular weight is 415 g/mol. The molecule has 8 heteroatoms. The van der Waals surface area contributed by atoms with Gasteiger partial charge in [-0.05, 0) is 44.4 Å². The number of nitrogens with one attached hydrogen (secondary N) is 1. The normalized spacial score (nSPS) is 25.6. The van der Waals surface area contributed by atoms with Gasteiger partial charge in [0.1, 0.15) is 0 Å². The summed E-state index contributed by atoms with van der Waals surface area (Å²) in [4.78, 5) is 12.8. The molecule has 2 fully saturated rings. The Labute approximate surface area is 166 Å². The number of sulfonamides is 1. The van der Waals surface area contributed by atoms with Gasteiger partial charge in [0.2, 0.25) is 15.9 Å². The highest BCUT2D eigenvalue weighted by atomic mass is 35.5. The Morgan fingerprint density at radius 3 is 2.52 bits per heavy atom. The number of rotatable bonds is 6. The van der Waals surface area contributed by atoms with Gasteiger partial charge in [-0.15, -0.1) is 0 Å². The molecule has 1 saturated carbocycles. The first kappa shape index (κ1) is 20.6. The number of amides is 1. The van der Waals surface area contributed by atoms with E-state index in [2.05, 4.69) is 5.32 Å². The minimum Gasteiger partial charge on any atom is -0.373 e. The fourth-order valence-electron chi connectivity index (χ4n) is 3.91. The zero-order valence-corrected chi connectivity index (χ0v) is 17.4. The molecule has 1 aromatic rings. The van der Waals surface area contributed by atoms with E-state index in [9.17, 15) is 13.2 Å². The van der Waals surface area contributed by atoms with Crippen LogP contribution in [0.5, 0.6) is 0 Å². The first-order chi connectivity index (χ1) is 12.7. The largest absolute Gasteiger partial charge is 0.373 e. The number of halogens is 1. The van der Waals surface area contributed by atoms with Crippen LogP contribution in [-0.4, -0.2) is 56.2 Å². The van der Waals surface area contributed by atoms with Gasteiger partial charge in [-0.2, -0.15) is 4.31 Å². The Hall–Kier alpha value is -1.15. The first-order valence-electron chi connectivity index (χ1n) is 9.40. The van der Waals surface area contributed by atoms with Crippen molar-refractivity contribution in [1.82, 2.24) is 9.62 Å². The van der Waals surface area contributed by atoms with Crippen molar-refractivity contribution in [2.24, 2.45) is 0 Å². The predicted octanol–water partition coefficient (Wildman–Crippen LogP) is 2.32. The minimum atomic E-state index is -3.43. The van der Waals surface area contributed by atoms with Crippen molar-refractivity contribution >= 4 is 27.5 Å². The number of carbonyl (C=O) groups excluding carboxylic acids is 1. The van der Waals surface area contributed by atoms with E-state index in [0.717, 1.165) is 24.8 Å². The van der Waals surface area contributed by atoms with Gasteiger partial charge in [0.15, 0.2) is 0 Å². The second-order valence-corrected chi connectivity index (χ2v) is 10.1. The molecule has 0 spiro atoms. The van der Waals surface area contributed by atoms with E-state index < -0.39 is 15.4 Å². The molecule has 1 aliphatic carbocycles. The molecule has 3 rings (SSSR count). The van der Waals surface area contributed by atoms with E-state index in [1.807, 2.05) is 32.0 Å². The molecular formula is C19H27ClN2O4S. The molecule has 150 valence electrons. The lowest BCUT2D eigenvalue weighted by Gasteiger charge is -2.41. The van der Waals surface area contributed by atoms with E-state index in [0.29, 0.717) is 18.1 Å². The highest BCUT2D eigenvalue weighted by Crippen LogP contribution is 2.44. The Morgan fingerprint density at radius 1 is 1.30 bits per heavy atom. The first-order valence-corrected chi connectivity index (χ1v) is 11.4. The molecule has 6 nitrogen and oxygen atoms in total. The third kappa shape index (κ3) is 4.47. The van der Waals surface area contributed by atoms with Crippen molar-refractivity contribution in [3.05, 3.63) is 34.9 Å². The quantitative estimate of drug-likeness (QED) is 0.775. The zero-order valence-electron chi connectivity index (χ0n) is 15.8. The van der Waals surface area contributed by atoms with Gasteiger partial charge < -0.3 is 10.1 Å². The van der Waals surface area contributed by atoms with Gasteiger partial charge in [0.05, 0.1) is 23.4 Å². The van der Waals surface area contributed by atoms with Crippen molar-refractivity contribution in [3.8, 4) is 0 Å². The summed E-state index contributed by atoms with van der Waals surface area (Å²) < 4.78 is 32.3. The zero-order chi connectivity index (χ0) is 19.7. The molecule has 1 amide bonds. The summed E-state index contributed by atoms with van der Waals surface area (Å²) in [7, 11) is -3.43. The maximum atomic E-state index is 12.8. The Bertz CT molecular complexity index is 785. The van der Waals surface area contributed by atoms with Crippen LogP contribution in [0.4, 0.5) is 0 Å². The van der Waals surface area contributed by atoms with Crippen LogP contribution in [0, 0.1) is 0 Å². The van der Waals surface area contributed by atoms with E-state index in [-0.39, 0.29) is 30.4 Å². The number of ether oxygens (including phenoxy) is 1. The summed E-state index contributed by atoms with van der Waals surface area (Å²) >= 11 is 6.08. The Kier molecular flexibility index (Phi) is 6.15. The second kappa shape index (κ2) is 8.07. The van der Waals surface area contributed by atoms with Crippen LogP contribution in [0.1, 0.15) is 38.7 Å². The topological polar surface area (TPSA) is 75.7 Å². The molecule has 1 N–H and O–H groups in total. The third-order valence-electron chi connectivity index (χ3n) is 5.44. The van der Waals surface area contributed by atoms with Gasteiger partial charge in [-0.1, -0.05) is 30.2 Å². The van der Waals surface area contributed by atoms with Gasteiger partial charge >= 0.3 is 0 Å². The van der Waals surface area contributed by atoms with E-state index in [4.69, 9.17) is 16.3 Å². The molecule has 1 saturated heterocycles. The highest BCUT2D eigenvalue weighted by molar-refractivity contribution is 7.89. The Balaban J connectivity index is 1.60. The maximum Gasteiger partial charge on any atom is 0.230 e. The Morgan fingerprint density at radius 2 is 1.96 bits per heavy atom. The number of carbonyl (C=O) groups is 1. The number of morpholine rings is 1. The van der Waals surface area contributed by atoms with E-state index in [1.54, 1.807) is 6.07 Å². The van der Waals surface area contributed by atoms with Crippen LogP contribution in [0.3, 0.4) is 0 Å². The summed E-state index contributed by atoms with van der Waals surface area (Å²) in [5.74, 6) is -0.223. The van der Waals surface area contributed by atoms with Gasteiger partial charge in [0, 0.05) is 24.7 Å². The molecule has 27 heavy (non-hydrogen) atoms. The van der Waals surface area contributed by atoms with Crippen LogP contribution in [-0.2, 0) is 25.0 Å². The fraction of sp³-hybridized carbons (Fsp3) is 0.632. The number of hydrogen-bond donors (Lipinski definition) is 1. The van der Waals surface area contributed by atoms with E-state index in [1.165, 1.54) is 4.31 Å². The summed E-state index contributed by atoms with van der Waals surface area (Å²) in [6, 6.07) is 7.37. The molecule has 1 aliphatic heterocycles. The van der Waals surface area contributed by atoms with Crippen molar-refractivity contribution in [3.63, 3.8) is 0 Å². The van der Waals surface area contributed by atoms with Crippen molar-refractivity contribution in [2.45, 2.75) is 50.7 Å². The molecule has 1 heterocycles. The SMILES string of the molecule is C[C@@H]1CN(S(=O)(=O)CCNC(=O)C2(c3cccc(Cl)c3)CCC2)C[C@H](C)O1. The fourth-order valence-corrected chi connectivity index (χ4v) is 5.60. The summed E-state index contributed by atoms with van der Waals surface area (Å²) in [6.45, 7) is 4.54. The lowest BCUT2D eigenvalue weighted by atomic mass is 9.64. The van der Waals surface area contributed by atoms with Crippen molar-refractivity contribution in [1.29, 1.82) is 0 Å². The number of benzene rings is 1. The standard InChI is InChI=1S/C19H27ClN2O4S/c1-14-12-22(13-15(2)26-14)27(24,25)10-9-21-18(23)19(7-4-8-19)16-5-3-6-17(20)11-16/h3,5-6,11,14-15H,4,7-10,12-13H2,1-2H3,(H,21,23)/t14-,15+. The van der Waals surface area contributed by atoms with Gasteiger partial charge in [-0.25, -0.2) is 8.42 Å². The van der Waals surface area contributed by atoms with Crippen molar-refractivity contribution < 1.29 is 17.9 Å². The lowest BCUT2D eigenvalue weighted by Crippen LogP contribution is -2.52. The highest BCUT2D eigenvalue weighted by Gasteiger charge is 2.45. The van der Waals surface area contributed by atoms with Crippen LogP contribution >= 0.6 is 11.6 Å². The van der Waals surface area contributed by atoms with E-state index >= 15 is 0 Å². The van der Waals surface area contributed by atoms with Crippen LogP contribution in [0.25, 0.3) is 0 Å². The molecule has 2 atom stereocenters. The van der Waals surface area contributed by atoms with Crippen LogP contribution in [0.2, 0.25) is 5.02 Å². The van der Waals surface area contributed by atoms with Crippen LogP contribution in [0.15, 0.2) is 24.3 Å². The van der Waals surface area contributed by atoms with Gasteiger partial charge in [0.25, 0.3) is 0 Å². The average Bonchev–Trinajstić information content (AvgIpc) is 2.53. The monoisotopic (exact) mass is 414 g/mol. The molecule has 1 aromatic carbocycles. The van der Waals surface area contributed by atoms with Gasteiger partial charge in [-0.3, -0.25) is 4.79 Å². The summed E-state index contributed by atoms with van der Waals surface area (Å²) in [6.07, 6.45) is 2.23.